The first-order valence-corrected chi connectivity index (χ1v) is 6.73. The van der Waals surface area contributed by atoms with E-state index < -0.39 is 0 Å². The van der Waals surface area contributed by atoms with Gasteiger partial charge in [0.05, 0.1) is 0 Å². The van der Waals surface area contributed by atoms with Gasteiger partial charge in [-0.3, -0.25) is 4.90 Å². The highest BCUT2D eigenvalue weighted by Crippen LogP contribution is 2.17. The van der Waals surface area contributed by atoms with Gasteiger partial charge < -0.3 is 10.5 Å². The first-order valence-electron chi connectivity index (χ1n) is 5.91. The zero-order chi connectivity index (χ0) is 13.7. The van der Waals surface area contributed by atoms with Gasteiger partial charge in [0.25, 0.3) is 0 Å². The fourth-order valence-corrected chi connectivity index (χ4v) is 2.38. The van der Waals surface area contributed by atoms with Gasteiger partial charge in [-0.2, -0.15) is 0 Å². The largest absolute Gasteiger partial charge is 0.489 e. The maximum Gasteiger partial charge on any atom is 0.180 e. The van der Waals surface area contributed by atoms with Crippen LogP contribution in [0.3, 0.4) is 0 Å². The predicted molar refractivity (Wildman–Crippen MR) is 82.0 cm³/mol. The topological polar surface area (TPSA) is 51.4 Å². The smallest absolute Gasteiger partial charge is 0.180 e. The standard InChI is InChI=1S/C13H16FN3OS.ClH/c1-17(9-10-8-16-13(15)19-10)6-7-18-12-5-3-2-4-11(12)14;/h2-5,8H,6-7,9H2,1H3,(H2,15,16);1H. The number of aromatic nitrogens is 1. The Morgan fingerprint density at radius 3 is 2.80 bits per heavy atom. The first kappa shape index (κ1) is 16.7. The van der Waals surface area contributed by atoms with Gasteiger partial charge in [-0.25, -0.2) is 9.37 Å². The quantitative estimate of drug-likeness (QED) is 0.890. The van der Waals surface area contributed by atoms with Crippen LogP contribution < -0.4 is 10.5 Å². The van der Waals surface area contributed by atoms with Gasteiger partial charge in [0.1, 0.15) is 6.61 Å². The van der Waals surface area contributed by atoms with Crippen LogP contribution in [-0.4, -0.2) is 30.1 Å². The third-order valence-electron chi connectivity index (χ3n) is 2.56. The van der Waals surface area contributed by atoms with Crippen LogP contribution in [0.25, 0.3) is 0 Å². The number of anilines is 1. The number of nitrogen functional groups attached to an aromatic ring is 1. The number of ether oxygens (including phenoxy) is 1. The van der Waals surface area contributed by atoms with Crippen molar-refractivity contribution in [2.24, 2.45) is 0 Å². The average Bonchev–Trinajstić information content (AvgIpc) is 2.77. The molecule has 1 aromatic heterocycles. The van der Waals surface area contributed by atoms with Crippen molar-refractivity contribution in [3.05, 3.63) is 41.2 Å². The van der Waals surface area contributed by atoms with E-state index in [0.29, 0.717) is 18.3 Å². The molecule has 0 radical (unpaired) electrons. The van der Waals surface area contributed by atoms with E-state index in [0.717, 1.165) is 11.4 Å². The summed E-state index contributed by atoms with van der Waals surface area (Å²) in [5.74, 6) is -0.0432. The number of rotatable bonds is 6. The number of halogens is 2. The molecular formula is C13H17ClFN3OS. The number of hydrogen-bond acceptors (Lipinski definition) is 5. The second kappa shape index (κ2) is 8.04. The van der Waals surface area contributed by atoms with Crippen LogP contribution in [0.2, 0.25) is 0 Å². The minimum Gasteiger partial charge on any atom is -0.489 e. The lowest BCUT2D eigenvalue weighted by atomic mass is 10.3. The Kier molecular flexibility index (Phi) is 6.70. The normalized spacial score (nSPS) is 10.3. The van der Waals surface area contributed by atoms with Crippen LogP contribution in [0.5, 0.6) is 5.75 Å². The Morgan fingerprint density at radius 1 is 1.40 bits per heavy atom. The molecule has 0 aliphatic carbocycles. The molecule has 1 heterocycles. The molecule has 20 heavy (non-hydrogen) atoms. The maximum absolute atomic E-state index is 13.3. The predicted octanol–water partition coefficient (Wildman–Crippen LogP) is 2.80. The molecule has 4 nitrogen and oxygen atoms in total. The van der Waals surface area contributed by atoms with Crippen molar-refractivity contribution in [3.63, 3.8) is 0 Å². The number of nitrogens with two attached hydrogens (primary N) is 1. The summed E-state index contributed by atoms with van der Waals surface area (Å²) in [5, 5.41) is 0.575. The fourth-order valence-electron chi connectivity index (χ4n) is 1.61. The molecule has 0 spiro atoms. The molecule has 0 aliphatic rings. The van der Waals surface area contributed by atoms with Crippen molar-refractivity contribution in [2.75, 3.05) is 25.9 Å². The van der Waals surface area contributed by atoms with Gasteiger partial charge in [-0.15, -0.1) is 23.7 Å². The first-order chi connectivity index (χ1) is 9.15. The number of likely N-dealkylation sites (N-methyl/N-ethyl adjacent to an activating group) is 1. The van der Waals surface area contributed by atoms with Gasteiger partial charge in [0.2, 0.25) is 0 Å². The molecule has 1 aromatic carbocycles. The van der Waals surface area contributed by atoms with Gasteiger partial charge >= 0.3 is 0 Å². The Bertz CT molecular complexity index is 538. The molecule has 7 heteroatoms. The molecule has 0 bridgehead atoms. The summed E-state index contributed by atoms with van der Waals surface area (Å²) in [6.07, 6.45) is 1.77. The van der Waals surface area contributed by atoms with Crippen LogP contribution in [0.15, 0.2) is 30.5 Å². The Balaban J connectivity index is 0.00000200. The summed E-state index contributed by atoms with van der Waals surface area (Å²) in [4.78, 5) is 7.18. The minimum absolute atomic E-state index is 0. The van der Waals surface area contributed by atoms with Crippen molar-refractivity contribution >= 4 is 28.9 Å². The van der Waals surface area contributed by atoms with E-state index in [-0.39, 0.29) is 24.0 Å². The van der Waals surface area contributed by atoms with E-state index in [2.05, 4.69) is 9.88 Å². The third kappa shape index (κ3) is 4.96. The molecule has 0 fully saturated rings. The number of para-hydroxylation sites is 1. The van der Waals surface area contributed by atoms with Crippen LogP contribution in [0.1, 0.15) is 4.88 Å². The minimum atomic E-state index is -0.333. The van der Waals surface area contributed by atoms with E-state index in [9.17, 15) is 4.39 Å². The van der Waals surface area contributed by atoms with Crippen molar-refractivity contribution in [1.82, 2.24) is 9.88 Å². The number of nitrogens with zero attached hydrogens (tertiary/aromatic N) is 2. The highest BCUT2D eigenvalue weighted by atomic mass is 35.5. The number of thiazole rings is 1. The number of benzene rings is 1. The summed E-state index contributed by atoms with van der Waals surface area (Å²) in [7, 11) is 1.97. The average molecular weight is 318 g/mol. The summed E-state index contributed by atoms with van der Waals surface area (Å²) < 4.78 is 18.7. The molecule has 0 saturated heterocycles. The van der Waals surface area contributed by atoms with E-state index >= 15 is 0 Å². The second-order valence-corrected chi connectivity index (χ2v) is 5.33. The van der Waals surface area contributed by atoms with Crippen LogP contribution >= 0.6 is 23.7 Å². The lowest BCUT2D eigenvalue weighted by Gasteiger charge is -2.15. The summed E-state index contributed by atoms with van der Waals surface area (Å²) in [6, 6.07) is 6.41. The molecule has 2 aromatic rings. The third-order valence-corrected chi connectivity index (χ3v) is 3.38. The van der Waals surface area contributed by atoms with Crippen LogP contribution in [0, 0.1) is 5.82 Å². The molecule has 2 N–H and O–H groups in total. The zero-order valence-electron chi connectivity index (χ0n) is 11.1. The van der Waals surface area contributed by atoms with Crippen molar-refractivity contribution in [3.8, 4) is 5.75 Å². The van der Waals surface area contributed by atoms with Crippen molar-refractivity contribution < 1.29 is 9.13 Å². The molecule has 110 valence electrons. The Morgan fingerprint density at radius 2 is 2.15 bits per heavy atom. The molecule has 0 unspecified atom stereocenters. The summed E-state index contributed by atoms with van der Waals surface area (Å²) in [5.41, 5.74) is 5.57. The maximum atomic E-state index is 13.3. The zero-order valence-corrected chi connectivity index (χ0v) is 12.7. The van der Waals surface area contributed by atoms with Crippen LogP contribution in [-0.2, 0) is 6.54 Å². The molecule has 0 saturated carbocycles. The molecule has 0 amide bonds. The lowest BCUT2D eigenvalue weighted by Crippen LogP contribution is -2.23. The summed E-state index contributed by atoms with van der Waals surface area (Å²) in [6.45, 7) is 1.90. The van der Waals surface area contributed by atoms with E-state index in [1.54, 1.807) is 24.4 Å². The number of hydrogen-bond donors (Lipinski definition) is 1. The van der Waals surface area contributed by atoms with Gasteiger partial charge in [-0.05, 0) is 19.2 Å². The molecule has 0 atom stereocenters. The van der Waals surface area contributed by atoms with E-state index in [1.165, 1.54) is 17.4 Å². The Hall–Kier alpha value is -1.37. The fraction of sp³-hybridized carbons (Fsp3) is 0.308. The van der Waals surface area contributed by atoms with Crippen molar-refractivity contribution in [1.29, 1.82) is 0 Å². The second-order valence-electron chi connectivity index (χ2n) is 4.18. The Labute approximate surface area is 127 Å². The lowest BCUT2D eigenvalue weighted by molar-refractivity contribution is 0.227. The monoisotopic (exact) mass is 317 g/mol. The van der Waals surface area contributed by atoms with E-state index in [4.69, 9.17) is 10.5 Å². The van der Waals surface area contributed by atoms with Crippen LogP contribution in [0.4, 0.5) is 9.52 Å². The van der Waals surface area contributed by atoms with Crippen molar-refractivity contribution in [2.45, 2.75) is 6.54 Å². The molecule has 0 aliphatic heterocycles. The highest BCUT2D eigenvalue weighted by molar-refractivity contribution is 7.15. The van der Waals surface area contributed by atoms with Gasteiger partial charge in [0, 0.05) is 24.2 Å². The molecule has 2 rings (SSSR count). The SMILES string of the molecule is CN(CCOc1ccccc1F)Cc1cnc(N)s1.Cl. The highest BCUT2D eigenvalue weighted by Gasteiger charge is 2.05. The molecular weight excluding hydrogens is 301 g/mol. The summed E-state index contributed by atoms with van der Waals surface area (Å²) >= 11 is 1.47. The van der Waals surface area contributed by atoms with Gasteiger partial charge in [-0.1, -0.05) is 12.1 Å². The van der Waals surface area contributed by atoms with E-state index in [1.807, 2.05) is 7.05 Å². The van der Waals surface area contributed by atoms with Gasteiger partial charge in [0.15, 0.2) is 16.7 Å².